The van der Waals surface area contributed by atoms with Gasteiger partial charge in [-0.25, -0.2) is 17.9 Å². The minimum Gasteiger partial charge on any atom is -0.478 e. The van der Waals surface area contributed by atoms with E-state index in [2.05, 4.69) is 4.72 Å². The zero-order valence-corrected chi connectivity index (χ0v) is 15.8. The molecule has 0 atom stereocenters. The Labute approximate surface area is 158 Å². The highest BCUT2D eigenvalue weighted by Crippen LogP contribution is 2.25. The van der Waals surface area contributed by atoms with Crippen LogP contribution in [0.4, 0.5) is 0 Å². The molecule has 0 aliphatic rings. The molecule has 0 aliphatic carbocycles. The molecule has 7 nitrogen and oxygen atoms in total. The number of rotatable bonds is 8. The monoisotopic (exact) mass is 400 g/mol. The zero-order chi connectivity index (χ0) is 18.4. The number of benzene rings is 2. The van der Waals surface area contributed by atoms with Crippen molar-refractivity contribution in [1.82, 2.24) is 4.72 Å². The van der Waals surface area contributed by atoms with Crippen LogP contribution in [0.5, 0.6) is 0 Å². The highest BCUT2D eigenvalue weighted by atomic mass is 35.5. The topological polar surface area (TPSA) is 119 Å². The van der Waals surface area contributed by atoms with Crippen LogP contribution in [0.3, 0.4) is 0 Å². The van der Waals surface area contributed by atoms with Gasteiger partial charge in [0.05, 0.1) is 17.1 Å². The van der Waals surface area contributed by atoms with Gasteiger partial charge in [0.15, 0.2) is 0 Å². The number of ether oxygens (including phenoxy) is 1. The van der Waals surface area contributed by atoms with Crippen LogP contribution in [-0.2, 0) is 21.3 Å². The molecule has 0 unspecified atom stereocenters. The molecule has 0 saturated heterocycles. The lowest BCUT2D eigenvalue weighted by molar-refractivity contribution is 0.0696. The second-order valence-corrected chi connectivity index (χ2v) is 7.11. The molecule has 0 aromatic heterocycles. The van der Waals surface area contributed by atoms with Gasteiger partial charge >= 0.3 is 5.97 Å². The van der Waals surface area contributed by atoms with Crippen molar-refractivity contribution < 1.29 is 23.1 Å². The van der Waals surface area contributed by atoms with Crippen molar-refractivity contribution in [3.8, 4) is 11.1 Å². The fourth-order valence-electron chi connectivity index (χ4n) is 2.24. The second kappa shape index (κ2) is 9.65. The molecular formula is C17H21ClN2O5S. The maximum Gasteiger partial charge on any atom is 0.335 e. The molecule has 0 saturated carbocycles. The van der Waals surface area contributed by atoms with E-state index in [1.54, 1.807) is 12.1 Å². The largest absolute Gasteiger partial charge is 0.478 e. The van der Waals surface area contributed by atoms with Crippen LogP contribution in [-0.4, -0.2) is 39.8 Å². The van der Waals surface area contributed by atoms with Gasteiger partial charge in [0.1, 0.15) is 0 Å². The Balaban J connectivity index is 0.00000338. The van der Waals surface area contributed by atoms with Crippen molar-refractivity contribution in [2.45, 2.75) is 11.4 Å². The minimum absolute atomic E-state index is 0. The van der Waals surface area contributed by atoms with Crippen LogP contribution in [0.1, 0.15) is 15.9 Å². The molecule has 0 bridgehead atoms. The Morgan fingerprint density at radius 3 is 2.35 bits per heavy atom. The number of halogens is 1. The molecule has 2 aromatic carbocycles. The molecule has 2 aromatic rings. The SMILES string of the molecule is COCCNS(=O)(=O)c1cc(C(=O)O)cc(-c2ccc(CN)cc2)c1.Cl. The fourth-order valence-corrected chi connectivity index (χ4v) is 3.32. The first-order valence-corrected chi connectivity index (χ1v) is 9.02. The Kier molecular flexibility index (Phi) is 8.19. The normalized spacial score (nSPS) is 11.0. The fraction of sp³-hybridized carbons (Fsp3) is 0.235. The van der Waals surface area contributed by atoms with Gasteiger partial charge in [0.2, 0.25) is 10.0 Å². The number of aromatic carboxylic acids is 1. The van der Waals surface area contributed by atoms with Gasteiger partial charge < -0.3 is 15.6 Å². The minimum atomic E-state index is -3.85. The Morgan fingerprint density at radius 1 is 1.15 bits per heavy atom. The van der Waals surface area contributed by atoms with E-state index < -0.39 is 16.0 Å². The summed E-state index contributed by atoms with van der Waals surface area (Å²) in [7, 11) is -2.38. The maximum atomic E-state index is 12.4. The van der Waals surface area contributed by atoms with E-state index in [0.717, 1.165) is 11.6 Å². The average Bonchev–Trinajstić information content (AvgIpc) is 2.61. The lowest BCUT2D eigenvalue weighted by atomic mass is 10.0. The van der Waals surface area contributed by atoms with Gasteiger partial charge in [-0.15, -0.1) is 12.4 Å². The summed E-state index contributed by atoms with van der Waals surface area (Å²) < 4.78 is 32.0. The molecule has 4 N–H and O–H groups in total. The zero-order valence-electron chi connectivity index (χ0n) is 14.1. The molecular weight excluding hydrogens is 380 g/mol. The molecule has 0 amide bonds. The van der Waals surface area contributed by atoms with E-state index in [1.165, 1.54) is 19.2 Å². The van der Waals surface area contributed by atoms with Crippen LogP contribution in [0.15, 0.2) is 47.4 Å². The Bertz CT molecular complexity index is 854. The highest BCUT2D eigenvalue weighted by Gasteiger charge is 2.18. The van der Waals surface area contributed by atoms with Gasteiger partial charge in [0, 0.05) is 20.2 Å². The van der Waals surface area contributed by atoms with E-state index in [9.17, 15) is 18.3 Å². The van der Waals surface area contributed by atoms with Crippen molar-refractivity contribution in [1.29, 1.82) is 0 Å². The third-order valence-corrected chi connectivity index (χ3v) is 5.03. The molecule has 0 heterocycles. The number of sulfonamides is 1. The average molecular weight is 401 g/mol. The van der Waals surface area contributed by atoms with Crippen molar-refractivity contribution in [2.24, 2.45) is 5.73 Å². The maximum absolute atomic E-state index is 12.4. The van der Waals surface area contributed by atoms with E-state index in [-0.39, 0.29) is 36.0 Å². The summed E-state index contributed by atoms with van der Waals surface area (Å²) in [5, 5.41) is 9.29. The number of nitrogens with one attached hydrogen (secondary N) is 1. The predicted octanol–water partition coefficient (Wildman–Crippen LogP) is 1.86. The van der Waals surface area contributed by atoms with Gasteiger partial charge in [-0.2, -0.15) is 0 Å². The number of methoxy groups -OCH3 is 1. The predicted molar refractivity (Wildman–Crippen MR) is 101 cm³/mol. The van der Waals surface area contributed by atoms with Crippen LogP contribution >= 0.6 is 12.4 Å². The van der Waals surface area contributed by atoms with E-state index in [1.807, 2.05) is 12.1 Å². The van der Waals surface area contributed by atoms with Crippen molar-refractivity contribution in [2.75, 3.05) is 20.3 Å². The lowest BCUT2D eigenvalue weighted by Crippen LogP contribution is -2.27. The van der Waals surface area contributed by atoms with E-state index in [0.29, 0.717) is 17.7 Å². The molecule has 0 radical (unpaired) electrons. The molecule has 0 fully saturated rings. The number of carboxylic acids is 1. The number of nitrogens with two attached hydrogens (primary N) is 1. The summed E-state index contributed by atoms with van der Waals surface area (Å²) >= 11 is 0. The summed E-state index contributed by atoms with van der Waals surface area (Å²) in [6, 6.07) is 11.2. The summed E-state index contributed by atoms with van der Waals surface area (Å²) in [5.74, 6) is -1.20. The molecule has 26 heavy (non-hydrogen) atoms. The van der Waals surface area contributed by atoms with Crippen molar-refractivity contribution in [3.05, 3.63) is 53.6 Å². The third kappa shape index (κ3) is 5.52. The Hall–Kier alpha value is -1.97. The number of hydrogen-bond acceptors (Lipinski definition) is 5. The highest BCUT2D eigenvalue weighted by molar-refractivity contribution is 7.89. The van der Waals surface area contributed by atoms with Gasteiger partial charge in [-0.1, -0.05) is 24.3 Å². The van der Waals surface area contributed by atoms with Crippen molar-refractivity contribution in [3.63, 3.8) is 0 Å². The quantitative estimate of drug-likeness (QED) is 0.582. The van der Waals surface area contributed by atoms with E-state index >= 15 is 0 Å². The molecule has 0 spiro atoms. The first kappa shape index (κ1) is 22.1. The smallest absolute Gasteiger partial charge is 0.335 e. The first-order valence-electron chi connectivity index (χ1n) is 7.54. The molecule has 9 heteroatoms. The van der Waals surface area contributed by atoms with Crippen LogP contribution < -0.4 is 10.5 Å². The summed E-state index contributed by atoms with van der Waals surface area (Å²) in [6.07, 6.45) is 0. The van der Waals surface area contributed by atoms with Gasteiger partial charge in [0.25, 0.3) is 0 Å². The molecule has 0 aliphatic heterocycles. The number of hydrogen-bond donors (Lipinski definition) is 3. The third-order valence-electron chi connectivity index (χ3n) is 3.59. The van der Waals surface area contributed by atoms with Crippen LogP contribution in [0, 0.1) is 0 Å². The standard InChI is InChI=1S/C17H20N2O5S.ClH/c1-24-7-6-19-25(22,23)16-9-14(8-15(10-16)17(20)21)13-4-2-12(11-18)3-5-13;/h2-5,8-10,19H,6-7,11,18H2,1H3,(H,20,21);1H. The Morgan fingerprint density at radius 2 is 1.81 bits per heavy atom. The molecule has 2 rings (SSSR count). The summed E-state index contributed by atoms with van der Waals surface area (Å²) in [4.78, 5) is 11.3. The first-order chi connectivity index (χ1) is 11.9. The van der Waals surface area contributed by atoms with Gasteiger partial charge in [-0.3, -0.25) is 0 Å². The summed E-state index contributed by atoms with van der Waals surface area (Å²) in [5.41, 5.74) is 7.58. The lowest BCUT2D eigenvalue weighted by Gasteiger charge is -2.10. The summed E-state index contributed by atoms with van der Waals surface area (Å²) in [6.45, 7) is 0.695. The number of carboxylic acid groups (broad SMARTS) is 1. The van der Waals surface area contributed by atoms with Crippen molar-refractivity contribution >= 4 is 28.4 Å². The number of carbonyl (C=O) groups is 1. The second-order valence-electron chi connectivity index (χ2n) is 5.34. The van der Waals surface area contributed by atoms with E-state index in [4.69, 9.17) is 10.5 Å². The van der Waals surface area contributed by atoms with Gasteiger partial charge in [-0.05, 0) is 34.9 Å². The van der Waals surface area contributed by atoms with Crippen LogP contribution in [0.2, 0.25) is 0 Å². The molecule has 142 valence electrons. The van der Waals surface area contributed by atoms with Crippen LogP contribution in [0.25, 0.3) is 11.1 Å².